The molecule has 0 bridgehead atoms. The number of nitrogens with zero attached hydrogens (tertiary/aromatic N) is 1. The number of hydrogen-bond donors (Lipinski definition) is 1. The fourth-order valence-corrected chi connectivity index (χ4v) is 2.51. The van der Waals surface area contributed by atoms with Crippen molar-refractivity contribution >= 4 is 36.4 Å². The molecule has 0 aromatic heterocycles. The fourth-order valence-electron chi connectivity index (χ4n) is 1.85. The summed E-state index contributed by atoms with van der Waals surface area (Å²) in [7, 11) is 6.10. The van der Waals surface area contributed by atoms with Gasteiger partial charge in [0.25, 0.3) is 0 Å². The Bertz CT molecular complexity index is 499. The van der Waals surface area contributed by atoms with Crippen LogP contribution in [0.15, 0.2) is 41.3 Å². The Morgan fingerprint density at radius 3 is 2.44 bits per heavy atom. The molecule has 0 saturated heterocycles. The van der Waals surface area contributed by atoms with E-state index in [4.69, 9.17) is 0 Å². The Balaban J connectivity index is 2.66. The summed E-state index contributed by atoms with van der Waals surface area (Å²) in [5.74, 6) is 0. The summed E-state index contributed by atoms with van der Waals surface area (Å²) in [6, 6.07) is 12.8. The molecule has 0 unspecified atom stereocenters. The molecule has 0 aliphatic heterocycles. The van der Waals surface area contributed by atoms with Crippen LogP contribution in [0.4, 0.5) is 5.69 Å². The molecule has 0 fully saturated rings. The van der Waals surface area contributed by atoms with E-state index >= 15 is 0 Å². The third kappa shape index (κ3) is 2.03. The summed E-state index contributed by atoms with van der Waals surface area (Å²) in [6.07, 6.45) is 0. The maximum absolute atomic E-state index is 3.13. The van der Waals surface area contributed by atoms with Gasteiger partial charge in [0, 0.05) is 30.1 Å². The van der Waals surface area contributed by atoms with Gasteiger partial charge in [0.1, 0.15) is 0 Å². The van der Waals surface area contributed by atoms with E-state index in [1.54, 1.807) is 11.9 Å². The lowest BCUT2D eigenvalue weighted by Gasteiger charge is -2.16. The third-order valence-corrected chi connectivity index (χ3v) is 3.33. The lowest BCUT2D eigenvalue weighted by Crippen LogP contribution is -2.08. The molecule has 0 atom stereocenters. The van der Waals surface area contributed by atoms with Gasteiger partial charge >= 0.3 is 0 Å². The number of hydrogen-bond acceptors (Lipinski definition) is 3. The van der Waals surface area contributed by atoms with Gasteiger partial charge in [-0.1, -0.05) is 36.2 Å². The number of fused-ring (bicyclic) bond motifs is 1. The van der Waals surface area contributed by atoms with Crippen molar-refractivity contribution in [3.05, 3.63) is 36.4 Å². The Hall–Kier alpha value is -1.13. The smallest absolute Gasteiger partial charge is 0.195 e. The van der Waals surface area contributed by atoms with Crippen molar-refractivity contribution in [1.29, 1.82) is 0 Å². The minimum absolute atomic E-state index is 1.26. The molecule has 2 aromatic carbocycles. The van der Waals surface area contributed by atoms with Crippen LogP contribution in [0.2, 0.25) is 0 Å². The van der Waals surface area contributed by atoms with Crippen molar-refractivity contribution in [2.24, 2.45) is 0 Å². The van der Waals surface area contributed by atoms with Crippen molar-refractivity contribution < 1.29 is 0 Å². The Kier molecular flexibility index (Phi) is 3.41. The van der Waals surface area contributed by atoms with Crippen molar-refractivity contribution in [1.82, 2.24) is 4.63 Å². The van der Waals surface area contributed by atoms with Crippen LogP contribution in [0.5, 0.6) is 0 Å². The second-order valence-corrected chi connectivity index (χ2v) is 4.88. The molecule has 2 rings (SSSR count). The molecule has 1 N–H and O–H groups in total. The van der Waals surface area contributed by atoms with Crippen LogP contribution in [-0.2, 0) is 0 Å². The highest BCUT2D eigenvalue weighted by Gasteiger charge is 2.05. The van der Waals surface area contributed by atoms with E-state index < -0.39 is 0 Å². The molecule has 0 amide bonds. The van der Waals surface area contributed by atoms with Gasteiger partial charge in [-0.15, -0.1) is 0 Å². The van der Waals surface area contributed by atoms with E-state index in [0.29, 0.717) is 0 Å². The highest BCUT2D eigenvalue weighted by Crippen LogP contribution is 2.31. The summed E-state index contributed by atoms with van der Waals surface area (Å²) in [5, 5.41) is 2.60. The van der Waals surface area contributed by atoms with Gasteiger partial charge in [0.15, 0.2) is 7.98 Å². The van der Waals surface area contributed by atoms with E-state index in [1.807, 2.05) is 7.98 Å². The number of benzene rings is 2. The van der Waals surface area contributed by atoms with E-state index in [0.717, 1.165) is 0 Å². The first-order chi connectivity index (χ1) is 7.74. The molecule has 0 aliphatic carbocycles. The molecule has 82 valence electrons. The lowest BCUT2D eigenvalue weighted by atomic mass is 10.1. The first-order valence-electron chi connectivity index (χ1n) is 5.26. The normalized spacial score (nSPS) is 10.6. The van der Waals surface area contributed by atoms with Gasteiger partial charge in [0.2, 0.25) is 0 Å². The van der Waals surface area contributed by atoms with E-state index in [2.05, 4.69) is 60.0 Å². The van der Waals surface area contributed by atoms with Crippen LogP contribution in [0.1, 0.15) is 0 Å². The minimum Gasteiger partial charge on any atom is -0.377 e. The predicted octanol–water partition coefficient (Wildman–Crippen LogP) is 2.05. The van der Waals surface area contributed by atoms with Crippen LogP contribution in [0.25, 0.3) is 10.8 Å². The fraction of sp³-hybridized carbons (Fsp3) is 0.167. The molecular weight excluding hydrogens is 215 g/mol. The zero-order valence-corrected chi connectivity index (χ0v) is 10.6. The number of nitrogens with one attached hydrogen (secondary N) is 1. The second kappa shape index (κ2) is 4.81. The summed E-state index contributed by atoms with van der Waals surface area (Å²) < 4.78 is 3.13. The molecule has 0 aliphatic rings. The standard InChI is InChI=1S/C12H15BN2S/c1-15(2)11-7-3-6-10-9(11)5-4-8-12(10)16-14-13/h3-8,14H,13H2,1-2H3. The summed E-state index contributed by atoms with van der Waals surface area (Å²) in [4.78, 5) is 3.42. The van der Waals surface area contributed by atoms with Crippen molar-refractivity contribution in [2.45, 2.75) is 4.90 Å². The lowest BCUT2D eigenvalue weighted by molar-refractivity contribution is 1.14. The number of anilines is 1. The van der Waals surface area contributed by atoms with E-state index in [1.165, 1.54) is 21.4 Å². The predicted molar refractivity (Wildman–Crippen MR) is 75.8 cm³/mol. The summed E-state index contributed by atoms with van der Waals surface area (Å²) in [6.45, 7) is 0. The van der Waals surface area contributed by atoms with Gasteiger partial charge in [-0.3, -0.25) is 0 Å². The molecule has 4 heteroatoms. The first kappa shape index (κ1) is 11.4. The van der Waals surface area contributed by atoms with Gasteiger partial charge in [-0.25, -0.2) is 0 Å². The maximum Gasteiger partial charge on any atom is 0.195 e. The Morgan fingerprint density at radius 2 is 1.75 bits per heavy atom. The van der Waals surface area contributed by atoms with Crippen LogP contribution in [0, 0.1) is 0 Å². The van der Waals surface area contributed by atoms with Crippen LogP contribution in [0.3, 0.4) is 0 Å². The van der Waals surface area contributed by atoms with Gasteiger partial charge in [-0.2, -0.15) is 0 Å². The molecule has 0 saturated carbocycles. The van der Waals surface area contributed by atoms with Crippen molar-refractivity contribution in [3.8, 4) is 0 Å². The van der Waals surface area contributed by atoms with Crippen LogP contribution < -0.4 is 9.53 Å². The average molecular weight is 230 g/mol. The van der Waals surface area contributed by atoms with E-state index in [9.17, 15) is 0 Å². The SMILES string of the molecule is BNSc1cccc2c(N(C)C)cccc12. The van der Waals surface area contributed by atoms with Crippen LogP contribution in [-0.4, -0.2) is 22.1 Å². The molecular formula is C12H15BN2S. The largest absolute Gasteiger partial charge is 0.377 e. The maximum atomic E-state index is 3.13. The van der Waals surface area contributed by atoms with Crippen molar-refractivity contribution in [3.63, 3.8) is 0 Å². The Labute approximate surface area is 102 Å². The molecule has 0 spiro atoms. The number of rotatable bonds is 3. The first-order valence-corrected chi connectivity index (χ1v) is 6.08. The van der Waals surface area contributed by atoms with Crippen molar-refractivity contribution in [2.75, 3.05) is 19.0 Å². The minimum atomic E-state index is 1.26. The molecule has 2 aromatic rings. The van der Waals surface area contributed by atoms with Gasteiger partial charge in [0.05, 0.1) is 0 Å². The highest BCUT2D eigenvalue weighted by molar-refractivity contribution is 7.98. The second-order valence-electron chi connectivity index (χ2n) is 3.83. The molecule has 0 radical (unpaired) electrons. The van der Waals surface area contributed by atoms with Crippen LogP contribution >= 0.6 is 11.9 Å². The zero-order chi connectivity index (χ0) is 11.5. The topological polar surface area (TPSA) is 15.3 Å². The summed E-state index contributed by atoms with van der Waals surface area (Å²) >= 11 is 1.66. The van der Waals surface area contributed by atoms with Gasteiger partial charge in [-0.05, 0) is 17.5 Å². The average Bonchev–Trinajstić information content (AvgIpc) is 2.29. The Morgan fingerprint density at radius 1 is 1.06 bits per heavy atom. The monoisotopic (exact) mass is 230 g/mol. The molecule has 16 heavy (non-hydrogen) atoms. The summed E-state index contributed by atoms with van der Waals surface area (Å²) in [5.41, 5.74) is 1.26. The molecule has 2 nitrogen and oxygen atoms in total. The van der Waals surface area contributed by atoms with E-state index in [-0.39, 0.29) is 0 Å². The third-order valence-electron chi connectivity index (χ3n) is 2.55. The molecule has 0 heterocycles. The zero-order valence-electron chi connectivity index (χ0n) is 9.82. The highest BCUT2D eigenvalue weighted by atomic mass is 32.2. The van der Waals surface area contributed by atoms with Gasteiger partial charge < -0.3 is 9.53 Å². The quantitative estimate of drug-likeness (QED) is 0.641.